The molecule has 4 bridgehead atoms. The van der Waals surface area contributed by atoms with Gasteiger partial charge in [-0.05, 0) is 62.2 Å². The summed E-state index contributed by atoms with van der Waals surface area (Å²) in [5.41, 5.74) is 0.392. The fraction of sp³-hybridized carbons (Fsp3) is 0.933. The van der Waals surface area contributed by atoms with Gasteiger partial charge < -0.3 is 0 Å². The van der Waals surface area contributed by atoms with Crippen LogP contribution < -0.4 is 0 Å². The molecule has 1 saturated heterocycles. The van der Waals surface area contributed by atoms with Gasteiger partial charge in [-0.2, -0.15) is 0 Å². The van der Waals surface area contributed by atoms with Crippen molar-refractivity contribution in [3.8, 4) is 0 Å². The van der Waals surface area contributed by atoms with Crippen molar-refractivity contribution in [2.45, 2.75) is 51.9 Å². The number of hydrogen-bond donors (Lipinski definition) is 0. The summed E-state index contributed by atoms with van der Waals surface area (Å²) >= 11 is 0. The molecular weight excluding hydrogens is 226 g/mol. The van der Waals surface area contributed by atoms with E-state index in [1.165, 1.54) is 19.3 Å². The minimum atomic E-state index is -0.0524. The zero-order chi connectivity index (χ0) is 12.4. The maximum absolute atomic E-state index is 12.8. The Labute approximate surface area is 109 Å². The van der Waals surface area contributed by atoms with Gasteiger partial charge in [0.1, 0.15) is 0 Å². The van der Waals surface area contributed by atoms with Crippen LogP contribution in [0.4, 0.5) is 0 Å². The summed E-state index contributed by atoms with van der Waals surface area (Å²) in [5.74, 6) is 1.94. The lowest BCUT2D eigenvalue weighted by Crippen LogP contribution is -2.57. The summed E-state index contributed by atoms with van der Waals surface area (Å²) in [5, 5.41) is 1.69. The second kappa shape index (κ2) is 3.50. The number of hydroxylamine groups is 2. The van der Waals surface area contributed by atoms with E-state index in [-0.39, 0.29) is 5.41 Å². The van der Waals surface area contributed by atoms with Crippen molar-refractivity contribution in [2.75, 3.05) is 13.2 Å². The predicted molar refractivity (Wildman–Crippen MR) is 67.5 cm³/mol. The van der Waals surface area contributed by atoms with Crippen LogP contribution in [0.2, 0.25) is 0 Å². The van der Waals surface area contributed by atoms with E-state index in [0.29, 0.717) is 11.3 Å². The lowest BCUT2D eigenvalue weighted by Gasteiger charge is -2.60. The van der Waals surface area contributed by atoms with Gasteiger partial charge in [0.15, 0.2) is 0 Å². The lowest BCUT2D eigenvalue weighted by molar-refractivity contribution is -0.199. The summed E-state index contributed by atoms with van der Waals surface area (Å²) < 4.78 is 0. The molecule has 2 atom stereocenters. The number of carbonyl (C=O) groups excluding carboxylic acids is 1. The van der Waals surface area contributed by atoms with E-state index < -0.39 is 0 Å². The second-order valence-corrected chi connectivity index (χ2v) is 7.65. The normalized spacial score (nSPS) is 49.9. The van der Waals surface area contributed by atoms with E-state index in [1.807, 2.05) is 0 Å². The summed E-state index contributed by atoms with van der Waals surface area (Å²) in [6.45, 7) is 3.95. The predicted octanol–water partition coefficient (Wildman–Crippen LogP) is 2.76. The third kappa shape index (κ3) is 1.49. The van der Waals surface area contributed by atoms with Gasteiger partial charge in [0, 0.05) is 0 Å². The molecule has 0 aromatic carbocycles. The Morgan fingerprint density at radius 2 is 1.94 bits per heavy atom. The molecule has 18 heavy (non-hydrogen) atoms. The molecule has 100 valence electrons. The van der Waals surface area contributed by atoms with E-state index in [0.717, 1.165) is 50.7 Å². The van der Waals surface area contributed by atoms with Crippen LogP contribution >= 0.6 is 0 Å². The highest BCUT2D eigenvalue weighted by atomic mass is 16.7. The highest BCUT2D eigenvalue weighted by Gasteiger charge is 2.59. The summed E-state index contributed by atoms with van der Waals surface area (Å²) in [7, 11) is 0. The Kier molecular flexibility index (Phi) is 2.19. The lowest BCUT2D eigenvalue weighted by atomic mass is 9.44. The number of carbonyl (C=O) groups is 1. The van der Waals surface area contributed by atoms with Crippen molar-refractivity contribution in [3.05, 3.63) is 0 Å². The van der Waals surface area contributed by atoms with Gasteiger partial charge >= 0.3 is 0 Å². The van der Waals surface area contributed by atoms with Gasteiger partial charge in [0.25, 0.3) is 5.91 Å². The molecule has 0 aromatic rings. The molecule has 1 heterocycles. The van der Waals surface area contributed by atoms with Crippen LogP contribution in [0.5, 0.6) is 0 Å². The van der Waals surface area contributed by atoms with Crippen molar-refractivity contribution in [2.24, 2.45) is 22.7 Å². The zero-order valence-electron chi connectivity index (χ0n) is 11.3. The molecule has 4 aliphatic carbocycles. The van der Waals surface area contributed by atoms with E-state index in [4.69, 9.17) is 4.84 Å². The number of nitrogens with zero attached hydrogens (tertiary/aromatic N) is 1. The maximum atomic E-state index is 12.8. The van der Waals surface area contributed by atoms with E-state index in [2.05, 4.69) is 6.92 Å². The second-order valence-electron chi connectivity index (χ2n) is 7.65. The minimum Gasteiger partial charge on any atom is -0.272 e. The molecule has 4 saturated carbocycles. The Bertz CT molecular complexity index is 372. The van der Waals surface area contributed by atoms with E-state index >= 15 is 0 Å². The number of hydrogen-bond acceptors (Lipinski definition) is 2. The number of amides is 1. The monoisotopic (exact) mass is 249 g/mol. The van der Waals surface area contributed by atoms with Crippen LogP contribution in [0.25, 0.3) is 0 Å². The van der Waals surface area contributed by atoms with Crippen LogP contribution in [0.1, 0.15) is 51.9 Å². The topological polar surface area (TPSA) is 29.5 Å². The highest BCUT2D eigenvalue weighted by molar-refractivity contribution is 5.82. The fourth-order valence-electron chi connectivity index (χ4n) is 5.84. The summed E-state index contributed by atoms with van der Waals surface area (Å²) in [6, 6.07) is 0. The molecule has 5 fully saturated rings. The first-order valence-corrected chi connectivity index (χ1v) is 7.54. The smallest absolute Gasteiger partial charge is 0.252 e. The van der Waals surface area contributed by atoms with Crippen LogP contribution in [-0.2, 0) is 9.63 Å². The third-order valence-corrected chi connectivity index (χ3v) is 5.79. The molecule has 3 nitrogen and oxygen atoms in total. The molecule has 1 aliphatic heterocycles. The summed E-state index contributed by atoms with van der Waals surface area (Å²) in [6.07, 6.45) is 8.50. The Hall–Kier alpha value is -0.570. The molecule has 0 radical (unpaired) electrons. The summed E-state index contributed by atoms with van der Waals surface area (Å²) in [4.78, 5) is 18.4. The molecule has 0 N–H and O–H groups in total. The Morgan fingerprint density at radius 1 is 1.22 bits per heavy atom. The standard InChI is InChI=1S/C15H23NO2/c1-14-6-11-5-12(7-14)9-15(8-11,10-14)13(17)16-3-2-4-18-16/h11-12H,2-10H2,1H3. The molecule has 1 amide bonds. The zero-order valence-corrected chi connectivity index (χ0v) is 11.3. The molecule has 0 aromatic heterocycles. The van der Waals surface area contributed by atoms with Crippen molar-refractivity contribution in [3.63, 3.8) is 0 Å². The Balaban J connectivity index is 1.64. The first kappa shape index (κ1) is 11.3. The third-order valence-electron chi connectivity index (χ3n) is 5.79. The molecular formula is C15H23NO2. The van der Waals surface area contributed by atoms with Gasteiger partial charge in [0.2, 0.25) is 0 Å². The fourth-order valence-corrected chi connectivity index (χ4v) is 5.84. The van der Waals surface area contributed by atoms with Gasteiger partial charge in [-0.1, -0.05) is 6.92 Å². The quantitative estimate of drug-likeness (QED) is 0.715. The van der Waals surface area contributed by atoms with Crippen molar-refractivity contribution >= 4 is 5.91 Å². The van der Waals surface area contributed by atoms with Crippen molar-refractivity contribution in [1.29, 1.82) is 0 Å². The largest absolute Gasteiger partial charge is 0.272 e. The molecule has 3 heteroatoms. The van der Waals surface area contributed by atoms with Crippen LogP contribution in [0.15, 0.2) is 0 Å². The SMILES string of the molecule is CC12CC3CC(C1)CC(C(=O)N1CCCO1)(C3)C2. The molecule has 5 rings (SSSR count). The highest BCUT2D eigenvalue weighted by Crippen LogP contribution is 2.65. The average Bonchev–Trinajstić information content (AvgIpc) is 2.77. The van der Waals surface area contributed by atoms with Gasteiger partial charge in [0.05, 0.1) is 18.6 Å². The van der Waals surface area contributed by atoms with Crippen LogP contribution in [0, 0.1) is 22.7 Å². The molecule has 0 spiro atoms. The number of rotatable bonds is 1. The minimum absolute atomic E-state index is 0.0524. The van der Waals surface area contributed by atoms with Crippen LogP contribution in [0.3, 0.4) is 0 Å². The first-order valence-electron chi connectivity index (χ1n) is 7.54. The average molecular weight is 249 g/mol. The van der Waals surface area contributed by atoms with E-state index in [9.17, 15) is 4.79 Å². The maximum Gasteiger partial charge on any atom is 0.252 e. The molecule has 5 aliphatic rings. The molecule has 2 unspecified atom stereocenters. The van der Waals surface area contributed by atoms with E-state index in [1.54, 1.807) is 5.06 Å². The van der Waals surface area contributed by atoms with Gasteiger partial charge in [-0.3, -0.25) is 9.63 Å². The van der Waals surface area contributed by atoms with Crippen molar-refractivity contribution < 1.29 is 9.63 Å². The Morgan fingerprint density at radius 3 is 2.50 bits per heavy atom. The van der Waals surface area contributed by atoms with Gasteiger partial charge in [-0.25, -0.2) is 5.06 Å². The van der Waals surface area contributed by atoms with Gasteiger partial charge in [-0.15, -0.1) is 0 Å². The first-order chi connectivity index (χ1) is 8.59. The van der Waals surface area contributed by atoms with Crippen LogP contribution in [-0.4, -0.2) is 24.1 Å². The van der Waals surface area contributed by atoms with Crippen molar-refractivity contribution in [1.82, 2.24) is 5.06 Å².